The molecule has 3 nitrogen and oxygen atoms in total. The van der Waals surface area contributed by atoms with Crippen LogP contribution < -0.4 is 5.43 Å². The first-order valence-electron chi connectivity index (χ1n) is 7.03. The quantitative estimate of drug-likeness (QED) is 0.751. The Morgan fingerprint density at radius 2 is 1.74 bits per heavy atom. The molecule has 0 aliphatic heterocycles. The zero-order valence-electron chi connectivity index (χ0n) is 11.2. The normalized spacial score (nSPS) is 11.0. The van der Waals surface area contributed by atoms with Crippen LogP contribution in [0.15, 0.2) is 35.1 Å². The number of hydrogen-bond donors (Lipinski definition) is 2. The summed E-state index contributed by atoms with van der Waals surface area (Å²) in [7, 11) is 0. The summed E-state index contributed by atoms with van der Waals surface area (Å²) in [5.74, 6) is 0. The third-order valence-electron chi connectivity index (χ3n) is 3.40. The van der Waals surface area contributed by atoms with Crippen LogP contribution in [0.5, 0.6) is 0 Å². The zero-order valence-corrected chi connectivity index (χ0v) is 11.2. The van der Waals surface area contributed by atoms with Gasteiger partial charge in [-0.25, -0.2) is 0 Å². The Kier molecular flexibility index (Phi) is 5.16. The number of hydrogen-bond acceptors (Lipinski definition) is 2. The summed E-state index contributed by atoms with van der Waals surface area (Å²) >= 11 is 0. The minimum atomic E-state index is 0.102. The Hall–Kier alpha value is -1.61. The smallest absolute Gasteiger partial charge is 0.189 e. The summed E-state index contributed by atoms with van der Waals surface area (Å²) in [5.41, 5.74) is 2.04. The fourth-order valence-electron chi connectivity index (χ4n) is 2.34. The Labute approximate surface area is 113 Å². The number of nitrogens with one attached hydrogen (secondary N) is 1. The van der Waals surface area contributed by atoms with E-state index in [0.29, 0.717) is 0 Å². The highest BCUT2D eigenvalue weighted by Gasteiger charge is 2.01. The first kappa shape index (κ1) is 13.8. The van der Waals surface area contributed by atoms with Crippen molar-refractivity contribution in [2.45, 2.75) is 38.5 Å². The number of aromatic amines is 1. The molecule has 0 saturated heterocycles. The van der Waals surface area contributed by atoms with Gasteiger partial charge in [-0.1, -0.05) is 31.4 Å². The van der Waals surface area contributed by atoms with Gasteiger partial charge in [0.2, 0.25) is 0 Å². The van der Waals surface area contributed by atoms with Gasteiger partial charge in [-0.3, -0.25) is 4.79 Å². The predicted molar refractivity (Wildman–Crippen MR) is 78.4 cm³/mol. The molecule has 19 heavy (non-hydrogen) atoms. The number of aromatic nitrogens is 1. The number of rotatable bonds is 7. The van der Waals surface area contributed by atoms with Crippen LogP contribution in [0, 0.1) is 0 Å². The van der Waals surface area contributed by atoms with E-state index in [-0.39, 0.29) is 12.0 Å². The van der Waals surface area contributed by atoms with Gasteiger partial charge in [0.25, 0.3) is 0 Å². The molecule has 0 aliphatic carbocycles. The van der Waals surface area contributed by atoms with Crippen molar-refractivity contribution in [1.29, 1.82) is 0 Å². The van der Waals surface area contributed by atoms with Gasteiger partial charge in [0.05, 0.1) is 0 Å². The van der Waals surface area contributed by atoms with Crippen molar-refractivity contribution in [3.8, 4) is 0 Å². The molecule has 0 radical (unpaired) electrons. The van der Waals surface area contributed by atoms with Crippen LogP contribution in [-0.4, -0.2) is 16.7 Å². The second-order valence-electron chi connectivity index (χ2n) is 4.95. The molecule has 1 heterocycles. The van der Waals surface area contributed by atoms with Gasteiger partial charge in [-0.2, -0.15) is 0 Å². The maximum atomic E-state index is 11.9. The summed E-state index contributed by atoms with van der Waals surface area (Å²) in [6, 6.07) is 9.35. The number of para-hydroxylation sites is 1. The highest BCUT2D eigenvalue weighted by molar-refractivity contribution is 5.78. The van der Waals surface area contributed by atoms with Crippen molar-refractivity contribution >= 4 is 10.9 Å². The molecule has 0 bridgehead atoms. The average molecular weight is 259 g/mol. The molecule has 0 saturated carbocycles. The molecule has 0 atom stereocenters. The van der Waals surface area contributed by atoms with Crippen LogP contribution in [-0.2, 0) is 6.42 Å². The molecule has 3 heteroatoms. The summed E-state index contributed by atoms with van der Waals surface area (Å²) in [6.07, 6.45) is 6.28. The first-order valence-corrected chi connectivity index (χ1v) is 7.03. The van der Waals surface area contributed by atoms with Gasteiger partial charge in [0.15, 0.2) is 5.43 Å². The highest BCUT2D eigenvalue weighted by atomic mass is 16.2. The Morgan fingerprint density at radius 1 is 1.00 bits per heavy atom. The van der Waals surface area contributed by atoms with E-state index < -0.39 is 0 Å². The van der Waals surface area contributed by atoms with Crippen LogP contribution in [0.3, 0.4) is 0 Å². The van der Waals surface area contributed by atoms with Crippen LogP contribution in [0.1, 0.15) is 37.8 Å². The third-order valence-corrected chi connectivity index (χ3v) is 3.40. The molecule has 1 aromatic carbocycles. The molecule has 2 aromatic rings. The molecular weight excluding hydrogens is 238 g/mol. The molecule has 2 N–H and O–H groups in total. The van der Waals surface area contributed by atoms with E-state index in [2.05, 4.69) is 4.98 Å². The molecule has 1 aromatic heterocycles. The number of aliphatic hydroxyl groups is 1. The fourth-order valence-corrected chi connectivity index (χ4v) is 2.34. The van der Waals surface area contributed by atoms with Crippen molar-refractivity contribution in [3.05, 3.63) is 46.2 Å². The molecule has 0 unspecified atom stereocenters. The second kappa shape index (κ2) is 7.10. The van der Waals surface area contributed by atoms with Crippen molar-refractivity contribution in [3.63, 3.8) is 0 Å². The molecule has 0 aliphatic rings. The minimum absolute atomic E-state index is 0.102. The van der Waals surface area contributed by atoms with Crippen LogP contribution in [0.4, 0.5) is 0 Å². The van der Waals surface area contributed by atoms with Crippen molar-refractivity contribution < 1.29 is 5.11 Å². The van der Waals surface area contributed by atoms with E-state index in [9.17, 15) is 4.79 Å². The first-order chi connectivity index (χ1) is 9.31. The number of aliphatic hydroxyl groups excluding tert-OH is 1. The van der Waals surface area contributed by atoms with Crippen LogP contribution >= 0.6 is 0 Å². The Bertz CT molecular complexity index is 574. The lowest BCUT2D eigenvalue weighted by molar-refractivity contribution is 0.282. The van der Waals surface area contributed by atoms with Crippen LogP contribution in [0.2, 0.25) is 0 Å². The van der Waals surface area contributed by atoms with E-state index in [0.717, 1.165) is 55.1 Å². The van der Waals surface area contributed by atoms with Crippen LogP contribution in [0.25, 0.3) is 10.9 Å². The van der Waals surface area contributed by atoms with Gasteiger partial charge < -0.3 is 10.1 Å². The summed E-state index contributed by atoms with van der Waals surface area (Å²) in [6.45, 7) is 0.290. The SMILES string of the molecule is O=c1cc(CCCCCCCO)[nH]c2ccccc12. The number of H-pyrrole nitrogens is 1. The molecule has 2 rings (SSSR count). The molecule has 0 fully saturated rings. The molecule has 0 spiro atoms. The molecule has 0 amide bonds. The summed E-state index contributed by atoms with van der Waals surface area (Å²) in [4.78, 5) is 15.3. The van der Waals surface area contributed by atoms with Gasteiger partial charge in [-0.15, -0.1) is 0 Å². The van der Waals surface area contributed by atoms with Gasteiger partial charge >= 0.3 is 0 Å². The van der Waals surface area contributed by atoms with Gasteiger partial charge in [0, 0.05) is 29.3 Å². The minimum Gasteiger partial charge on any atom is -0.396 e. The summed E-state index contributed by atoms with van der Waals surface area (Å²) in [5, 5.41) is 9.45. The monoisotopic (exact) mass is 259 g/mol. The van der Waals surface area contributed by atoms with Gasteiger partial charge in [0.1, 0.15) is 0 Å². The van der Waals surface area contributed by atoms with E-state index in [1.807, 2.05) is 24.3 Å². The average Bonchev–Trinajstić information content (AvgIpc) is 2.43. The lowest BCUT2D eigenvalue weighted by Gasteiger charge is -2.04. The maximum Gasteiger partial charge on any atom is 0.189 e. The van der Waals surface area contributed by atoms with Gasteiger partial charge in [-0.05, 0) is 31.4 Å². The number of aryl methyl sites for hydroxylation is 1. The largest absolute Gasteiger partial charge is 0.396 e. The van der Waals surface area contributed by atoms with E-state index in [1.165, 1.54) is 0 Å². The number of benzene rings is 1. The topological polar surface area (TPSA) is 53.1 Å². The zero-order chi connectivity index (χ0) is 13.5. The third kappa shape index (κ3) is 3.93. The number of fused-ring (bicyclic) bond motifs is 1. The van der Waals surface area contributed by atoms with Crippen molar-refractivity contribution in [2.24, 2.45) is 0 Å². The number of pyridine rings is 1. The Morgan fingerprint density at radius 3 is 2.58 bits per heavy atom. The lowest BCUT2D eigenvalue weighted by Crippen LogP contribution is -2.05. The standard InChI is InChI=1S/C16H21NO2/c18-11-7-3-1-2-4-8-13-12-16(19)14-9-5-6-10-15(14)17-13/h5-6,9-10,12,18H,1-4,7-8,11H2,(H,17,19). The molecule has 102 valence electrons. The van der Waals surface area contributed by atoms with Crippen molar-refractivity contribution in [2.75, 3.05) is 6.61 Å². The lowest BCUT2D eigenvalue weighted by atomic mass is 10.1. The highest BCUT2D eigenvalue weighted by Crippen LogP contribution is 2.10. The maximum absolute atomic E-state index is 11.9. The fraction of sp³-hybridized carbons (Fsp3) is 0.438. The summed E-state index contributed by atoms with van der Waals surface area (Å²) < 4.78 is 0. The predicted octanol–water partition coefficient (Wildman–Crippen LogP) is 3.01. The molecular formula is C16H21NO2. The second-order valence-corrected chi connectivity index (χ2v) is 4.95. The van der Waals surface area contributed by atoms with E-state index >= 15 is 0 Å². The number of unbranched alkanes of at least 4 members (excludes halogenated alkanes) is 4. The Balaban J connectivity index is 1.92. The van der Waals surface area contributed by atoms with Crippen molar-refractivity contribution in [1.82, 2.24) is 4.98 Å². The van der Waals surface area contributed by atoms with E-state index in [4.69, 9.17) is 5.11 Å². The van der Waals surface area contributed by atoms with E-state index in [1.54, 1.807) is 6.07 Å².